The third-order valence-electron chi connectivity index (χ3n) is 3.98. The van der Waals surface area contributed by atoms with E-state index in [4.69, 9.17) is 9.47 Å². The van der Waals surface area contributed by atoms with Gasteiger partial charge in [0.2, 0.25) is 0 Å². The van der Waals surface area contributed by atoms with Crippen LogP contribution in [-0.2, 0) is 9.47 Å². The van der Waals surface area contributed by atoms with Gasteiger partial charge in [0.25, 0.3) is 0 Å². The van der Waals surface area contributed by atoms with Gasteiger partial charge in [0, 0.05) is 30.6 Å². The van der Waals surface area contributed by atoms with E-state index in [0.717, 1.165) is 19.5 Å². The lowest BCUT2D eigenvalue weighted by molar-refractivity contribution is 0.0588. The Morgan fingerprint density at radius 2 is 1.12 bits per heavy atom. The molecule has 0 N–H and O–H groups in total. The van der Waals surface area contributed by atoms with Crippen molar-refractivity contribution in [2.45, 2.75) is 13.8 Å². The van der Waals surface area contributed by atoms with Crippen molar-refractivity contribution in [1.29, 1.82) is 0 Å². The molecule has 4 nitrogen and oxygen atoms in total. The molecule has 0 aliphatic carbocycles. The van der Waals surface area contributed by atoms with Crippen LogP contribution in [-0.4, -0.2) is 26.2 Å². The molecule has 0 unspecified atom stereocenters. The number of rotatable bonds is 4. The first-order valence-corrected chi connectivity index (χ1v) is 9.56. The molecule has 0 radical (unpaired) electrons. The molecule has 0 amide bonds. The molecule has 2 heterocycles. The quantitative estimate of drug-likeness (QED) is 0.569. The number of benzene rings is 1. The summed E-state index contributed by atoms with van der Waals surface area (Å²) in [6, 6.07) is 11.3. The number of carbonyl (C=O) groups excluding carboxylic acids is 2. The van der Waals surface area contributed by atoms with Crippen molar-refractivity contribution in [1.82, 2.24) is 0 Å². The Morgan fingerprint density at radius 3 is 1.38 bits per heavy atom. The second kappa shape index (κ2) is 7.43. The van der Waals surface area contributed by atoms with Gasteiger partial charge in [-0.05, 0) is 50.2 Å². The lowest BCUT2D eigenvalue weighted by Crippen LogP contribution is -2.09. The Morgan fingerprint density at radius 1 is 0.731 bits per heavy atom. The Labute approximate surface area is 160 Å². The molecule has 0 saturated carbocycles. The topological polar surface area (TPSA) is 52.6 Å². The van der Waals surface area contributed by atoms with Gasteiger partial charge in [-0.2, -0.15) is 0 Å². The lowest BCUT2D eigenvalue weighted by atomic mass is 9.96. The summed E-state index contributed by atoms with van der Waals surface area (Å²) in [6.07, 6.45) is 0. The molecule has 26 heavy (non-hydrogen) atoms. The van der Waals surface area contributed by atoms with Gasteiger partial charge >= 0.3 is 11.9 Å². The van der Waals surface area contributed by atoms with Crippen LogP contribution in [0.4, 0.5) is 0 Å². The summed E-state index contributed by atoms with van der Waals surface area (Å²) in [5.74, 6) is -0.867. The van der Waals surface area contributed by atoms with Crippen LogP contribution in [0.15, 0.2) is 36.4 Å². The summed E-state index contributed by atoms with van der Waals surface area (Å²) < 4.78 is 9.96. The molecular formula is C20H18O4S2. The molecule has 2 aromatic heterocycles. The monoisotopic (exact) mass is 386 g/mol. The fourth-order valence-electron chi connectivity index (χ4n) is 2.72. The van der Waals surface area contributed by atoms with E-state index in [1.54, 1.807) is 34.8 Å². The van der Waals surface area contributed by atoms with E-state index in [0.29, 0.717) is 22.3 Å². The van der Waals surface area contributed by atoms with Gasteiger partial charge in [0.15, 0.2) is 0 Å². The number of carbonyl (C=O) groups is 2. The molecule has 0 aliphatic heterocycles. The van der Waals surface area contributed by atoms with Gasteiger partial charge in [-0.25, -0.2) is 9.59 Å². The summed E-state index contributed by atoms with van der Waals surface area (Å²) in [5.41, 5.74) is 2.21. The Balaban J connectivity index is 2.31. The van der Waals surface area contributed by atoms with E-state index in [1.807, 2.05) is 38.1 Å². The van der Waals surface area contributed by atoms with Gasteiger partial charge < -0.3 is 9.47 Å². The highest BCUT2D eigenvalue weighted by molar-refractivity contribution is 7.15. The molecule has 3 rings (SSSR count). The maximum Gasteiger partial charge on any atom is 0.338 e. The van der Waals surface area contributed by atoms with Crippen molar-refractivity contribution < 1.29 is 19.1 Å². The van der Waals surface area contributed by atoms with E-state index in [-0.39, 0.29) is 0 Å². The van der Waals surface area contributed by atoms with Crippen LogP contribution in [0.2, 0.25) is 0 Å². The number of methoxy groups -OCH3 is 2. The Hall–Kier alpha value is -2.44. The van der Waals surface area contributed by atoms with Crippen LogP contribution >= 0.6 is 22.7 Å². The molecule has 0 bridgehead atoms. The van der Waals surface area contributed by atoms with Crippen LogP contribution in [0.3, 0.4) is 0 Å². The predicted octanol–water partition coefficient (Wildman–Crippen LogP) is 5.33. The lowest BCUT2D eigenvalue weighted by Gasteiger charge is -2.13. The molecule has 134 valence electrons. The molecule has 0 atom stereocenters. The smallest absolute Gasteiger partial charge is 0.338 e. The summed E-state index contributed by atoms with van der Waals surface area (Å²) in [6.45, 7) is 3.99. The highest BCUT2D eigenvalue weighted by Crippen LogP contribution is 2.38. The molecule has 1 aromatic carbocycles. The van der Waals surface area contributed by atoms with Gasteiger partial charge in [-0.1, -0.05) is 0 Å². The average Bonchev–Trinajstić information content (AvgIpc) is 3.27. The summed E-state index contributed by atoms with van der Waals surface area (Å²) in [7, 11) is 2.71. The van der Waals surface area contributed by atoms with Gasteiger partial charge in [-0.15, -0.1) is 22.7 Å². The zero-order valence-electron chi connectivity index (χ0n) is 14.9. The van der Waals surface area contributed by atoms with Crippen LogP contribution in [0.1, 0.15) is 30.5 Å². The Kier molecular flexibility index (Phi) is 5.25. The number of hydrogen-bond acceptors (Lipinski definition) is 6. The number of thiophene rings is 2. The predicted molar refractivity (Wildman–Crippen MR) is 105 cm³/mol. The fourth-order valence-corrected chi connectivity index (χ4v) is 4.52. The van der Waals surface area contributed by atoms with Crippen molar-refractivity contribution in [3.63, 3.8) is 0 Å². The molecule has 0 aliphatic rings. The second-order valence-corrected chi connectivity index (χ2v) is 8.32. The van der Waals surface area contributed by atoms with E-state index >= 15 is 0 Å². The van der Waals surface area contributed by atoms with Crippen molar-refractivity contribution in [3.8, 4) is 20.9 Å². The first-order valence-electron chi connectivity index (χ1n) is 7.93. The zero-order valence-corrected chi connectivity index (χ0v) is 16.5. The first-order chi connectivity index (χ1) is 12.4. The minimum Gasteiger partial charge on any atom is -0.465 e. The van der Waals surface area contributed by atoms with Crippen molar-refractivity contribution in [2.24, 2.45) is 0 Å². The molecule has 3 aromatic rings. The summed E-state index contributed by atoms with van der Waals surface area (Å²) in [5, 5.41) is 0. The maximum atomic E-state index is 12.4. The normalized spacial score (nSPS) is 10.6. The minimum atomic E-state index is -0.433. The molecular weight excluding hydrogens is 368 g/mol. The van der Waals surface area contributed by atoms with Crippen molar-refractivity contribution in [2.75, 3.05) is 14.2 Å². The number of ether oxygens (including phenoxy) is 2. The van der Waals surface area contributed by atoms with Crippen molar-refractivity contribution >= 4 is 34.6 Å². The number of hydrogen-bond donors (Lipinski definition) is 0. The van der Waals surface area contributed by atoms with E-state index in [2.05, 4.69) is 0 Å². The van der Waals surface area contributed by atoms with Crippen LogP contribution in [0.25, 0.3) is 20.9 Å². The highest BCUT2D eigenvalue weighted by atomic mass is 32.1. The van der Waals surface area contributed by atoms with E-state index in [1.165, 1.54) is 14.2 Å². The first kappa shape index (κ1) is 18.4. The average molecular weight is 386 g/mol. The third kappa shape index (κ3) is 3.43. The van der Waals surface area contributed by atoms with Gasteiger partial charge in [0.1, 0.15) is 0 Å². The largest absolute Gasteiger partial charge is 0.465 e. The summed E-state index contributed by atoms with van der Waals surface area (Å²) >= 11 is 3.12. The number of esters is 2. The fraction of sp³-hybridized carbons (Fsp3) is 0.200. The number of aryl methyl sites for hydroxylation is 2. The standard InChI is InChI=1S/C20H18O4S2/c1-11-5-7-17(25-11)13-9-16(20(22)24-4)14(10-15(13)19(21)23-3)18-8-6-12(2)26-18/h5-10H,1-4H3. The maximum absolute atomic E-state index is 12.4. The third-order valence-corrected chi connectivity index (χ3v) is 6.05. The minimum absolute atomic E-state index is 0.433. The molecule has 0 saturated heterocycles. The van der Waals surface area contributed by atoms with Gasteiger partial charge in [-0.3, -0.25) is 0 Å². The van der Waals surface area contributed by atoms with E-state index < -0.39 is 11.9 Å². The second-order valence-electron chi connectivity index (χ2n) is 5.75. The van der Waals surface area contributed by atoms with Crippen LogP contribution < -0.4 is 0 Å². The van der Waals surface area contributed by atoms with Crippen LogP contribution in [0, 0.1) is 13.8 Å². The Bertz CT molecular complexity index is 902. The van der Waals surface area contributed by atoms with E-state index in [9.17, 15) is 9.59 Å². The SMILES string of the molecule is COC(=O)c1cc(-c2ccc(C)s2)c(C(=O)OC)cc1-c1ccc(C)s1. The molecule has 0 fully saturated rings. The van der Waals surface area contributed by atoms with Crippen molar-refractivity contribution in [3.05, 3.63) is 57.3 Å². The highest BCUT2D eigenvalue weighted by Gasteiger charge is 2.23. The molecule has 6 heteroatoms. The summed E-state index contributed by atoms with van der Waals surface area (Å²) in [4.78, 5) is 28.9. The van der Waals surface area contributed by atoms with Crippen LogP contribution in [0.5, 0.6) is 0 Å². The molecule has 0 spiro atoms. The zero-order chi connectivity index (χ0) is 18.8. The van der Waals surface area contributed by atoms with Gasteiger partial charge in [0.05, 0.1) is 25.3 Å².